The van der Waals surface area contributed by atoms with Crippen molar-refractivity contribution in [3.63, 3.8) is 0 Å². The lowest BCUT2D eigenvalue weighted by Crippen LogP contribution is -2.16. The van der Waals surface area contributed by atoms with E-state index in [1.54, 1.807) is 25.1 Å². The van der Waals surface area contributed by atoms with Crippen LogP contribution in [-0.2, 0) is 0 Å². The molecule has 0 saturated heterocycles. The fourth-order valence-electron chi connectivity index (χ4n) is 2.06. The van der Waals surface area contributed by atoms with Crippen molar-refractivity contribution in [1.82, 2.24) is 5.32 Å². The van der Waals surface area contributed by atoms with Crippen LogP contribution in [-0.4, -0.2) is 24.0 Å². The van der Waals surface area contributed by atoms with Crippen LogP contribution in [0.1, 0.15) is 45.1 Å². The lowest BCUT2D eigenvalue weighted by atomic mass is 9.96. The number of hydrogen-bond donors (Lipinski definition) is 2. The normalized spacial score (nSPS) is 12.0. The molecule has 0 bridgehead atoms. The van der Waals surface area contributed by atoms with Gasteiger partial charge in [0.05, 0.1) is 0 Å². The minimum Gasteiger partial charge on any atom is -0.478 e. The molecule has 5 nitrogen and oxygen atoms in total. The second kappa shape index (κ2) is 6.01. The van der Waals surface area contributed by atoms with Crippen molar-refractivity contribution in [1.29, 1.82) is 0 Å². The highest BCUT2D eigenvalue weighted by molar-refractivity contribution is 6.30. The summed E-state index contributed by atoms with van der Waals surface area (Å²) < 4.78 is 5.45. The zero-order valence-electron chi connectivity index (χ0n) is 11.5. The first kappa shape index (κ1) is 15.1. The molecule has 0 aliphatic carbocycles. The molecular formula is C15H14ClNO4. The second-order valence-electron chi connectivity index (χ2n) is 4.55. The number of nitrogens with one attached hydrogen (secondary N) is 1. The molecule has 0 radical (unpaired) electrons. The van der Waals surface area contributed by atoms with Gasteiger partial charge in [-0.25, -0.2) is 4.79 Å². The number of halogens is 1. The first-order chi connectivity index (χ1) is 9.93. The molecule has 1 heterocycles. The molecule has 2 aromatic rings. The summed E-state index contributed by atoms with van der Waals surface area (Å²) in [6.45, 7) is 1.80. The van der Waals surface area contributed by atoms with E-state index in [9.17, 15) is 14.7 Å². The second-order valence-corrected chi connectivity index (χ2v) is 4.99. The molecule has 1 atom stereocenters. The van der Waals surface area contributed by atoms with Crippen LogP contribution in [0.15, 0.2) is 34.7 Å². The zero-order valence-corrected chi connectivity index (χ0v) is 12.3. The third-order valence-corrected chi connectivity index (χ3v) is 3.42. The number of amides is 1. The number of carboxylic acids is 1. The van der Waals surface area contributed by atoms with E-state index in [0.29, 0.717) is 5.02 Å². The lowest BCUT2D eigenvalue weighted by Gasteiger charge is -2.10. The van der Waals surface area contributed by atoms with Gasteiger partial charge in [0, 0.05) is 24.1 Å². The Labute approximate surface area is 126 Å². The Morgan fingerprint density at radius 2 is 2.05 bits per heavy atom. The fourth-order valence-corrected chi connectivity index (χ4v) is 2.26. The van der Waals surface area contributed by atoms with Crippen LogP contribution in [0.5, 0.6) is 0 Å². The zero-order chi connectivity index (χ0) is 15.6. The Hall–Kier alpha value is -2.27. The predicted octanol–water partition coefficient (Wildman–Crippen LogP) is 3.14. The number of rotatable bonds is 4. The number of benzene rings is 1. The molecule has 0 aliphatic rings. The number of furan rings is 1. The largest absolute Gasteiger partial charge is 0.478 e. The van der Waals surface area contributed by atoms with E-state index < -0.39 is 11.9 Å². The highest BCUT2D eigenvalue weighted by Gasteiger charge is 2.25. The fraction of sp³-hybridized carbons (Fsp3) is 0.200. The van der Waals surface area contributed by atoms with Crippen molar-refractivity contribution in [2.24, 2.45) is 0 Å². The van der Waals surface area contributed by atoms with Gasteiger partial charge in [-0.05, 0) is 17.7 Å². The highest BCUT2D eigenvalue weighted by Crippen LogP contribution is 2.31. The summed E-state index contributed by atoms with van der Waals surface area (Å²) in [5.74, 6) is -1.75. The third kappa shape index (κ3) is 3.08. The van der Waals surface area contributed by atoms with E-state index in [4.69, 9.17) is 16.0 Å². The topological polar surface area (TPSA) is 79.5 Å². The summed E-state index contributed by atoms with van der Waals surface area (Å²) in [4.78, 5) is 22.9. The molecule has 0 fully saturated rings. The summed E-state index contributed by atoms with van der Waals surface area (Å²) in [7, 11) is 1.45. The van der Waals surface area contributed by atoms with Gasteiger partial charge in [0.25, 0.3) is 5.91 Å². The average Bonchev–Trinajstić information content (AvgIpc) is 2.91. The molecule has 0 aliphatic heterocycles. The van der Waals surface area contributed by atoms with Crippen molar-refractivity contribution in [3.8, 4) is 0 Å². The highest BCUT2D eigenvalue weighted by atomic mass is 35.5. The first-order valence-electron chi connectivity index (χ1n) is 6.28. The molecule has 0 spiro atoms. The summed E-state index contributed by atoms with van der Waals surface area (Å²) >= 11 is 5.95. The molecule has 0 saturated carbocycles. The Bertz CT molecular complexity index is 693. The minimum absolute atomic E-state index is 0.0268. The summed E-state index contributed by atoms with van der Waals surface area (Å²) in [6, 6.07) is 8.30. The van der Waals surface area contributed by atoms with Crippen molar-refractivity contribution >= 4 is 23.5 Å². The van der Waals surface area contributed by atoms with E-state index in [0.717, 1.165) is 5.56 Å². The van der Waals surface area contributed by atoms with Gasteiger partial charge in [0.2, 0.25) is 0 Å². The van der Waals surface area contributed by atoms with E-state index in [2.05, 4.69) is 5.32 Å². The quantitative estimate of drug-likeness (QED) is 0.909. The molecule has 6 heteroatoms. The van der Waals surface area contributed by atoms with Gasteiger partial charge < -0.3 is 14.8 Å². The number of carbonyl (C=O) groups is 2. The van der Waals surface area contributed by atoms with Crippen molar-refractivity contribution in [3.05, 3.63) is 58.0 Å². The summed E-state index contributed by atoms with van der Waals surface area (Å²) in [5, 5.41) is 12.2. The number of carbonyl (C=O) groups excluding carboxylic acids is 1. The first-order valence-corrected chi connectivity index (χ1v) is 6.66. The standard InChI is InChI=1S/C15H14ClNO4/c1-8(9-4-3-5-10(16)6-9)13-11(15(19)20)7-12(21-13)14(18)17-2/h3-8H,1-2H3,(H,17,18)(H,19,20). The van der Waals surface area contributed by atoms with Gasteiger partial charge in [-0.15, -0.1) is 0 Å². The molecular weight excluding hydrogens is 294 g/mol. The van der Waals surface area contributed by atoms with Gasteiger partial charge >= 0.3 is 5.97 Å². The van der Waals surface area contributed by atoms with Gasteiger partial charge in [-0.3, -0.25) is 4.79 Å². The van der Waals surface area contributed by atoms with E-state index >= 15 is 0 Å². The molecule has 1 unspecified atom stereocenters. The Morgan fingerprint density at radius 3 is 2.62 bits per heavy atom. The number of carboxylic acid groups (broad SMARTS) is 1. The number of aromatic carboxylic acids is 1. The maximum Gasteiger partial charge on any atom is 0.339 e. The Balaban J connectivity index is 2.49. The smallest absolute Gasteiger partial charge is 0.339 e. The van der Waals surface area contributed by atoms with Crippen LogP contribution < -0.4 is 5.32 Å². The summed E-state index contributed by atoms with van der Waals surface area (Å²) in [5.41, 5.74) is 0.781. The van der Waals surface area contributed by atoms with Crippen LogP contribution in [0.3, 0.4) is 0 Å². The lowest BCUT2D eigenvalue weighted by molar-refractivity contribution is 0.0693. The van der Waals surface area contributed by atoms with Crippen molar-refractivity contribution in [2.45, 2.75) is 12.8 Å². The Kier molecular flexibility index (Phi) is 4.33. The van der Waals surface area contributed by atoms with Gasteiger partial charge in [-0.1, -0.05) is 30.7 Å². The molecule has 2 rings (SSSR count). The maximum atomic E-state index is 11.6. The molecule has 1 amide bonds. The van der Waals surface area contributed by atoms with E-state index in [1.807, 2.05) is 6.07 Å². The maximum absolute atomic E-state index is 11.6. The predicted molar refractivity (Wildman–Crippen MR) is 78.0 cm³/mol. The van der Waals surface area contributed by atoms with E-state index in [1.165, 1.54) is 13.1 Å². The molecule has 110 valence electrons. The van der Waals surface area contributed by atoms with E-state index in [-0.39, 0.29) is 23.0 Å². The van der Waals surface area contributed by atoms with Crippen LogP contribution >= 0.6 is 11.6 Å². The number of hydrogen-bond acceptors (Lipinski definition) is 3. The SMILES string of the molecule is CNC(=O)c1cc(C(=O)O)c(C(C)c2cccc(Cl)c2)o1. The third-order valence-electron chi connectivity index (χ3n) is 3.18. The van der Waals surface area contributed by atoms with Crippen LogP contribution in [0.25, 0.3) is 0 Å². The van der Waals surface area contributed by atoms with Crippen molar-refractivity contribution < 1.29 is 19.1 Å². The van der Waals surface area contributed by atoms with Gasteiger partial charge in [0.15, 0.2) is 5.76 Å². The van der Waals surface area contributed by atoms with Crippen molar-refractivity contribution in [2.75, 3.05) is 7.05 Å². The summed E-state index contributed by atoms with van der Waals surface area (Å²) in [6.07, 6.45) is 0. The van der Waals surface area contributed by atoms with Crippen LogP contribution in [0, 0.1) is 0 Å². The molecule has 21 heavy (non-hydrogen) atoms. The van der Waals surface area contributed by atoms with Crippen LogP contribution in [0.2, 0.25) is 5.02 Å². The minimum atomic E-state index is -1.14. The molecule has 1 aromatic heterocycles. The van der Waals surface area contributed by atoms with Gasteiger partial charge in [-0.2, -0.15) is 0 Å². The van der Waals surface area contributed by atoms with Crippen LogP contribution in [0.4, 0.5) is 0 Å². The molecule has 2 N–H and O–H groups in total. The Morgan fingerprint density at radius 1 is 1.33 bits per heavy atom. The van der Waals surface area contributed by atoms with Gasteiger partial charge in [0.1, 0.15) is 11.3 Å². The monoisotopic (exact) mass is 307 g/mol. The average molecular weight is 308 g/mol. The molecule has 1 aromatic carbocycles.